The molecule has 0 spiro atoms. The molecule has 0 saturated carbocycles. The van der Waals surface area contributed by atoms with Crippen molar-refractivity contribution in [2.45, 2.75) is 6.18 Å². The monoisotopic (exact) mass is 426 g/mol. The molecule has 156 valence electrons. The Morgan fingerprint density at radius 1 is 0.935 bits per heavy atom. The Kier molecular flexibility index (Phi) is 5.12. The molecule has 7 nitrogen and oxygen atoms in total. The highest BCUT2D eigenvalue weighted by molar-refractivity contribution is 6.08. The van der Waals surface area contributed by atoms with E-state index in [1.807, 2.05) is 0 Å². The van der Waals surface area contributed by atoms with Crippen LogP contribution in [-0.4, -0.2) is 21.8 Å². The quantitative estimate of drug-likeness (QED) is 0.483. The molecule has 0 saturated heterocycles. The van der Waals surface area contributed by atoms with Crippen LogP contribution in [-0.2, 0) is 6.18 Å². The Labute approximate surface area is 172 Å². The number of furan rings is 1. The molecule has 0 bridgehead atoms. The van der Waals surface area contributed by atoms with E-state index in [0.717, 1.165) is 12.3 Å². The number of para-hydroxylation sites is 1. The lowest BCUT2D eigenvalue weighted by Gasteiger charge is -2.11. The summed E-state index contributed by atoms with van der Waals surface area (Å²) in [6.07, 6.45) is -2.36. The number of rotatable bonds is 3. The molecule has 0 unspecified atom stereocenters. The van der Waals surface area contributed by atoms with Crippen LogP contribution in [0.15, 0.2) is 71.5 Å². The summed E-state index contributed by atoms with van der Waals surface area (Å²) in [6.45, 7) is 0. The van der Waals surface area contributed by atoms with Crippen molar-refractivity contribution in [2.75, 3.05) is 0 Å². The minimum absolute atomic E-state index is 0.149. The normalized spacial score (nSPS) is 11.3. The topological polar surface area (TPSA) is 97.1 Å². The van der Waals surface area contributed by atoms with Gasteiger partial charge < -0.3 is 4.42 Å². The van der Waals surface area contributed by atoms with Crippen LogP contribution < -0.4 is 10.9 Å². The number of pyridine rings is 2. The third-order valence-electron chi connectivity index (χ3n) is 4.34. The molecular weight excluding hydrogens is 413 g/mol. The molecule has 31 heavy (non-hydrogen) atoms. The molecule has 4 aromatic rings. The molecule has 0 aliphatic heterocycles. The van der Waals surface area contributed by atoms with Crippen molar-refractivity contribution in [1.82, 2.24) is 20.8 Å². The first kappa shape index (κ1) is 20.1. The van der Waals surface area contributed by atoms with Crippen molar-refractivity contribution in [3.05, 3.63) is 83.9 Å². The van der Waals surface area contributed by atoms with Gasteiger partial charge in [0.15, 0.2) is 5.76 Å². The maximum atomic E-state index is 12.8. The minimum atomic E-state index is -4.61. The van der Waals surface area contributed by atoms with E-state index in [0.29, 0.717) is 28.4 Å². The van der Waals surface area contributed by atoms with Gasteiger partial charge in [0.2, 0.25) is 0 Å². The number of fused-ring (bicyclic) bond motifs is 1. The maximum absolute atomic E-state index is 12.8. The molecule has 3 heterocycles. The SMILES string of the molecule is O=C(NNC(=O)c1cc(-c2ccco2)nc2ccccc12)c1ccc(C(F)(F)F)nc1. The number of nitrogens with one attached hydrogen (secondary N) is 2. The van der Waals surface area contributed by atoms with E-state index in [-0.39, 0.29) is 11.1 Å². The van der Waals surface area contributed by atoms with Gasteiger partial charge in [-0.15, -0.1) is 0 Å². The Bertz CT molecular complexity index is 1250. The highest BCUT2D eigenvalue weighted by Gasteiger charge is 2.32. The molecule has 3 aromatic heterocycles. The van der Waals surface area contributed by atoms with Crippen LogP contribution >= 0.6 is 0 Å². The third kappa shape index (κ3) is 4.22. The lowest BCUT2D eigenvalue weighted by Crippen LogP contribution is -2.41. The number of hydrazine groups is 1. The summed E-state index contributed by atoms with van der Waals surface area (Å²) in [7, 11) is 0. The van der Waals surface area contributed by atoms with Gasteiger partial charge in [-0.25, -0.2) is 4.98 Å². The van der Waals surface area contributed by atoms with E-state index in [2.05, 4.69) is 20.8 Å². The van der Waals surface area contributed by atoms with E-state index in [9.17, 15) is 22.8 Å². The zero-order chi connectivity index (χ0) is 22.0. The number of benzene rings is 1. The van der Waals surface area contributed by atoms with Crippen LogP contribution in [0.2, 0.25) is 0 Å². The number of nitrogens with zero attached hydrogens (tertiary/aromatic N) is 2. The van der Waals surface area contributed by atoms with Crippen molar-refractivity contribution in [1.29, 1.82) is 0 Å². The van der Waals surface area contributed by atoms with Gasteiger partial charge in [-0.05, 0) is 36.4 Å². The van der Waals surface area contributed by atoms with Crippen LogP contribution in [0.4, 0.5) is 13.2 Å². The number of carbonyl (C=O) groups is 2. The second-order valence-electron chi connectivity index (χ2n) is 6.39. The van der Waals surface area contributed by atoms with Crippen LogP contribution in [0.1, 0.15) is 26.4 Å². The van der Waals surface area contributed by atoms with Crippen molar-refractivity contribution >= 4 is 22.7 Å². The van der Waals surface area contributed by atoms with Gasteiger partial charge in [0, 0.05) is 11.6 Å². The summed E-state index contributed by atoms with van der Waals surface area (Å²) < 4.78 is 43.1. The van der Waals surface area contributed by atoms with E-state index in [1.54, 1.807) is 36.4 Å². The molecule has 0 fully saturated rings. The predicted molar refractivity (Wildman–Crippen MR) is 104 cm³/mol. The van der Waals surface area contributed by atoms with Gasteiger partial charge in [-0.1, -0.05) is 18.2 Å². The van der Waals surface area contributed by atoms with E-state index in [1.165, 1.54) is 12.3 Å². The largest absolute Gasteiger partial charge is 0.463 e. The van der Waals surface area contributed by atoms with Gasteiger partial charge in [-0.2, -0.15) is 13.2 Å². The second-order valence-corrected chi connectivity index (χ2v) is 6.39. The van der Waals surface area contributed by atoms with E-state index in [4.69, 9.17) is 4.42 Å². The van der Waals surface area contributed by atoms with Gasteiger partial charge in [-0.3, -0.25) is 25.4 Å². The molecule has 0 atom stereocenters. The predicted octanol–water partition coefficient (Wildman–Crippen LogP) is 3.98. The molecule has 2 amide bonds. The van der Waals surface area contributed by atoms with Crippen LogP contribution in [0.5, 0.6) is 0 Å². The number of alkyl halides is 3. The average molecular weight is 426 g/mol. The van der Waals surface area contributed by atoms with Crippen molar-refractivity contribution in [2.24, 2.45) is 0 Å². The van der Waals surface area contributed by atoms with Gasteiger partial charge in [0.1, 0.15) is 11.4 Å². The maximum Gasteiger partial charge on any atom is 0.433 e. The zero-order valence-corrected chi connectivity index (χ0v) is 15.6. The number of carbonyl (C=O) groups excluding carboxylic acids is 2. The summed E-state index contributed by atoms with van der Waals surface area (Å²) in [6, 6.07) is 13.5. The first-order valence-electron chi connectivity index (χ1n) is 8.90. The Hall–Kier alpha value is -4.21. The van der Waals surface area contributed by atoms with Crippen LogP contribution in [0.3, 0.4) is 0 Å². The molecule has 0 aliphatic carbocycles. The molecule has 0 aliphatic rings. The molecule has 1 aromatic carbocycles. The first-order valence-corrected chi connectivity index (χ1v) is 8.90. The average Bonchev–Trinajstić information content (AvgIpc) is 3.31. The van der Waals surface area contributed by atoms with Crippen molar-refractivity contribution in [3.63, 3.8) is 0 Å². The smallest absolute Gasteiger partial charge is 0.433 e. The van der Waals surface area contributed by atoms with Crippen molar-refractivity contribution in [3.8, 4) is 11.5 Å². The fourth-order valence-corrected chi connectivity index (χ4v) is 2.86. The molecule has 2 N–H and O–H groups in total. The van der Waals surface area contributed by atoms with Gasteiger partial charge in [0.05, 0.1) is 22.9 Å². The number of hydrogen-bond acceptors (Lipinski definition) is 5. The summed E-state index contributed by atoms with van der Waals surface area (Å²) in [4.78, 5) is 32.6. The minimum Gasteiger partial charge on any atom is -0.463 e. The fourth-order valence-electron chi connectivity index (χ4n) is 2.86. The number of aromatic nitrogens is 2. The lowest BCUT2D eigenvalue weighted by atomic mass is 10.1. The standard InChI is InChI=1S/C21H13F3N4O3/c22-21(23,24)18-8-7-12(11-25-18)19(29)27-28-20(30)14-10-16(17-6-3-9-31-17)26-15-5-2-1-4-13(14)15/h1-11H,(H,27,29)(H,28,30). The summed E-state index contributed by atoms with van der Waals surface area (Å²) in [5.41, 5.74) is 4.35. The Balaban J connectivity index is 1.55. The van der Waals surface area contributed by atoms with Crippen LogP contribution in [0, 0.1) is 0 Å². The fraction of sp³-hybridized carbons (Fsp3) is 0.0476. The summed E-state index contributed by atoms with van der Waals surface area (Å²) >= 11 is 0. The Morgan fingerprint density at radius 3 is 2.39 bits per heavy atom. The second kappa shape index (κ2) is 7.90. The molecule has 4 rings (SSSR count). The highest BCUT2D eigenvalue weighted by Crippen LogP contribution is 2.27. The van der Waals surface area contributed by atoms with E-state index >= 15 is 0 Å². The molecule has 0 radical (unpaired) electrons. The zero-order valence-electron chi connectivity index (χ0n) is 15.6. The lowest BCUT2D eigenvalue weighted by molar-refractivity contribution is -0.141. The highest BCUT2D eigenvalue weighted by atomic mass is 19.4. The van der Waals surface area contributed by atoms with Crippen LogP contribution in [0.25, 0.3) is 22.4 Å². The van der Waals surface area contributed by atoms with Gasteiger partial charge >= 0.3 is 6.18 Å². The third-order valence-corrected chi connectivity index (χ3v) is 4.34. The molecular formula is C21H13F3N4O3. The van der Waals surface area contributed by atoms with Gasteiger partial charge in [0.25, 0.3) is 11.8 Å². The number of hydrogen-bond donors (Lipinski definition) is 2. The Morgan fingerprint density at radius 2 is 1.71 bits per heavy atom. The molecule has 10 heteroatoms. The first-order chi connectivity index (χ1) is 14.8. The number of halogens is 3. The van der Waals surface area contributed by atoms with Crippen molar-refractivity contribution < 1.29 is 27.2 Å². The number of amides is 2. The summed E-state index contributed by atoms with van der Waals surface area (Å²) in [5.74, 6) is -1.00. The summed E-state index contributed by atoms with van der Waals surface area (Å²) in [5, 5.41) is 0.542. The van der Waals surface area contributed by atoms with E-state index < -0.39 is 23.7 Å².